The molecule has 0 aliphatic carbocycles. The molecule has 0 aliphatic rings. The lowest BCUT2D eigenvalue weighted by Crippen LogP contribution is -2.15. The molecule has 0 aliphatic heterocycles. The Morgan fingerprint density at radius 1 is 1.09 bits per heavy atom. The minimum Gasteiger partial charge on any atom is -0.489 e. The predicted molar refractivity (Wildman–Crippen MR) is 127 cm³/mol. The number of carbonyl (C=O) groups excluding carboxylic acids is 1. The van der Waals surface area contributed by atoms with Gasteiger partial charge >= 0.3 is 0 Å². The zero-order chi connectivity index (χ0) is 23.5. The second-order valence-corrected chi connectivity index (χ2v) is 8.54. The highest BCUT2D eigenvalue weighted by molar-refractivity contribution is 6.42. The third-order valence-electron chi connectivity index (χ3n) is 5.28. The van der Waals surface area contributed by atoms with Gasteiger partial charge in [-0.1, -0.05) is 40.5 Å². The van der Waals surface area contributed by atoms with Gasteiger partial charge in [-0.05, 0) is 61.7 Å². The zero-order valence-corrected chi connectivity index (χ0v) is 19.9. The van der Waals surface area contributed by atoms with Gasteiger partial charge in [-0.3, -0.25) is 9.48 Å². The van der Waals surface area contributed by atoms with E-state index in [1.807, 2.05) is 38.1 Å². The summed E-state index contributed by atoms with van der Waals surface area (Å²) in [4.78, 5) is 12.8. The summed E-state index contributed by atoms with van der Waals surface area (Å²) < 4.78 is 12.8. The van der Waals surface area contributed by atoms with E-state index in [0.717, 1.165) is 11.1 Å². The molecule has 4 aromatic rings. The highest BCUT2D eigenvalue weighted by Crippen LogP contribution is 2.24. The van der Waals surface area contributed by atoms with Crippen molar-refractivity contribution in [1.29, 1.82) is 0 Å². The van der Waals surface area contributed by atoms with E-state index in [1.165, 1.54) is 5.56 Å². The van der Waals surface area contributed by atoms with Crippen LogP contribution in [-0.2, 0) is 13.2 Å². The predicted octanol–water partition coefficient (Wildman–Crippen LogP) is 5.98. The van der Waals surface area contributed by atoms with Crippen molar-refractivity contribution < 1.29 is 14.1 Å². The van der Waals surface area contributed by atoms with Crippen LogP contribution in [0.1, 0.15) is 38.5 Å². The molecule has 0 saturated carbocycles. The van der Waals surface area contributed by atoms with Gasteiger partial charge in [0.2, 0.25) is 0 Å². The third kappa shape index (κ3) is 5.38. The molecule has 0 saturated heterocycles. The first-order valence-corrected chi connectivity index (χ1v) is 11.0. The van der Waals surface area contributed by atoms with E-state index >= 15 is 0 Å². The second-order valence-electron chi connectivity index (χ2n) is 7.73. The number of hydrogen-bond acceptors (Lipinski definition) is 5. The molecule has 9 heteroatoms. The van der Waals surface area contributed by atoms with E-state index in [1.54, 1.807) is 36.1 Å². The van der Waals surface area contributed by atoms with Crippen molar-refractivity contribution in [1.82, 2.24) is 14.9 Å². The summed E-state index contributed by atoms with van der Waals surface area (Å²) in [6.45, 7) is 6.45. The molecule has 0 atom stereocenters. The fraction of sp³-hybridized carbons (Fsp3) is 0.208. The van der Waals surface area contributed by atoms with Gasteiger partial charge in [-0.15, -0.1) is 0 Å². The fourth-order valence-electron chi connectivity index (χ4n) is 3.23. The van der Waals surface area contributed by atoms with E-state index in [4.69, 9.17) is 32.5 Å². The summed E-state index contributed by atoms with van der Waals surface area (Å²) in [6, 6.07) is 11.2. The van der Waals surface area contributed by atoms with Crippen molar-refractivity contribution in [3.8, 4) is 5.75 Å². The smallest absolute Gasteiger partial charge is 0.278 e. The Hall–Kier alpha value is -3.29. The minimum absolute atomic E-state index is 0.164. The van der Waals surface area contributed by atoms with Crippen LogP contribution in [-0.4, -0.2) is 20.8 Å². The van der Waals surface area contributed by atoms with E-state index in [9.17, 15) is 4.79 Å². The number of carbonyl (C=O) groups is 1. The van der Waals surface area contributed by atoms with Gasteiger partial charge in [0.25, 0.3) is 5.91 Å². The molecule has 0 bridgehead atoms. The zero-order valence-electron chi connectivity index (χ0n) is 18.4. The first-order valence-electron chi connectivity index (χ1n) is 10.2. The molecular weight excluding hydrogens is 463 g/mol. The minimum atomic E-state index is -0.403. The van der Waals surface area contributed by atoms with Crippen molar-refractivity contribution >= 4 is 34.8 Å². The number of hydrogen-bond donors (Lipinski definition) is 1. The molecule has 170 valence electrons. The van der Waals surface area contributed by atoms with Crippen molar-refractivity contribution in [3.63, 3.8) is 0 Å². The van der Waals surface area contributed by atoms with Crippen LogP contribution in [0.3, 0.4) is 0 Å². The van der Waals surface area contributed by atoms with Crippen LogP contribution in [0.2, 0.25) is 10.0 Å². The first kappa shape index (κ1) is 22.9. The van der Waals surface area contributed by atoms with E-state index < -0.39 is 5.91 Å². The van der Waals surface area contributed by atoms with Gasteiger partial charge in [0.1, 0.15) is 18.1 Å². The van der Waals surface area contributed by atoms with Crippen molar-refractivity contribution in [2.24, 2.45) is 0 Å². The lowest BCUT2D eigenvalue weighted by atomic mass is 10.1. The monoisotopic (exact) mass is 484 g/mol. The molecule has 4 rings (SSSR count). The summed E-state index contributed by atoms with van der Waals surface area (Å²) >= 11 is 12.0. The molecule has 2 aromatic heterocycles. The molecule has 1 amide bonds. The molecule has 7 nitrogen and oxygen atoms in total. The largest absolute Gasteiger partial charge is 0.489 e. The molecule has 2 heterocycles. The highest BCUT2D eigenvalue weighted by Gasteiger charge is 2.21. The van der Waals surface area contributed by atoms with Crippen LogP contribution in [0, 0.1) is 20.8 Å². The van der Waals surface area contributed by atoms with Crippen molar-refractivity contribution in [3.05, 3.63) is 92.5 Å². The molecule has 1 N–H and O–H groups in total. The number of benzene rings is 2. The number of halogens is 2. The fourth-order valence-corrected chi connectivity index (χ4v) is 3.55. The maximum atomic E-state index is 12.8. The van der Waals surface area contributed by atoms with Crippen molar-refractivity contribution in [2.75, 3.05) is 5.32 Å². The van der Waals surface area contributed by atoms with Crippen LogP contribution in [0.25, 0.3) is 0 Å². The lowest BCUT2D eigenvalue weighted by Gasteiger charge is -2.08. The van der Waals surface area contributed by atoms with Crippen LogP contribution in [0.15, 0.2) is 53.3 Å². The average molecular weight is 485 g/mol. The number of aryl methyl sites for hydroxylation is 3. The summed E-state index contributed by atoms with van der Waals surface area (Å²) in [7, 11) is 0. The Labute approximate surface area is 201 Å². The Bertz CT molecular complexity index is 1310. The summed E-state index contributed by atoms with van der Waals surface area (Å²) in [5.41, 5.74) is 4.54. The summed E-state index contributed by atoms with van der Waals surface area (Å²) in [5.74, 6) is 0.840. The highest BCUT2D eigenvalue weighted by atomic mass is 35.5. The maximum absolute atomic E-state index is 12.8. The molecule has 2 aromatic carbocycles. The number of nitrogens with zero attached hydrogens (tertiary/aromatic N) is 3. The molecular formula is C24H22Cl2N4O3. The SMILES string of the molecule is Cc1ccc(OCc2c(C(=O)Nc3cnn(Cc4ccc(Cl)c(Cl)c4)c3)noc2C)cc1C. The topological polar surface area (TPSA) is 82.2 Å². The van der Waals surface area contributed by atoms with Gasteiger partial charge in [-0.25, -0.2) is 0 Å². The summed E-state index contributed by atoms with van der Waals surface area (Å²) in [5, 5.41) is 12.0. The van der Waals surface area contributed by atoms with Crippen LogP contribution >= 0.6 is 23.2 Å². The third-order valence-corrected chi connectivity index (χ3v) is 6.02. The van der Waals surface area contributed by atoms with Crippen LogP contribution in [0.5, 0.6) is 5.75 Å². The van der Waals surface area contributed by atoms with Gasteiger partial charge in [0, 0.05) is 6.20 Å². The van der Waals surface area contributed by atoms with E-state index in [-0.39, 0.29) is 12.3 Å². The summed E-state index contributed by atoms with van der Waals surface area (Å²) in [6.07, 6.45) is 3.28. The average Bonchev–Trinajstić information content (AvgIpc) is 3.37. The van der Waals surface area contributed by atoms with E-state index in [2.05, 4.69) is 15.6 Å². The Morgan fingerprint density at radius 3 is 2.67 bits per heavy atom. The Morgan fingerprint density at radius 2 is 1.91 bits per heavy atom. The number of aromatic nitrogens is 3. The van der Waals surface area contributed by atoms with Crippen molar-refractivity contribution in [2.45, 2.75) is 33.9 Å². The normalized spacial score (nSPS) is 10.9. The van der Waals surface area contributed by atoms with E-state index in [0.29, 0.717) is 39.4 Å². The molecule has 0 radical (unpaired) electrons. The second kappa shape index (κ2) is 9.68. The number of amides is 1. The van der Waals surface area contributed by atoms with Gasteiger partial charge < -0.3 is 14.6 Å². The van der Waals surface area contributed by atoms with Crippen LogP contribution in [0.4, 0.5) is 5.69 Å². The number of nitrogens with one attached hydrogen (secondary N) is 1. The Balaban J connectivity index is 1.42. The quantitative estimate of drug-likeness (QED) is 0.348. The van der Waals surface area contributed by atoms with Gasteiger partial charge in [0.15, 0.2) is 5.69 Å². The Kier molecular flexibility index (Phi) is 6.72. The van der Waals surface area contributed by atoms with Gasteiger partial charge in [0.05, 0.1) is 34.0 Å². The lowest BCUT2D eigenvalue weighted by molar-refractivity contribution is 0.101. The number of ether oxygens (including phenoxy) is 1. The number of anilines is 1. The van der Waals surface area contributed by atoms with Crippen LogP contribution < -0.4 is 10.1 Å². The first-order chi connectivity index (χ1) is 15.8. The molecule has 0 unspecified atom stereocenters. The molecule has 0 fully saturated rings. The molecule has 33 heavy (non-hydrogen) atoms. The standard InChI is InChI=1S/C24H22Cl2N4O3/c1-14-4-6-19(8-15(14)2)32-13-20-16(3)33-29-23(20)24(31)28-18-10-27-30(12-18)11-17-5-7-21(25)22(26)9-17/h4-10,12H,11,13H2,1-3H3,(H,28,31). The molecule has 0 spiro atoms. The maximum Gasteiger partial charge on any atom is 0.278 e. The number of rotatable bonds is 7. The van der Waals surface area contributed by atoms with Gasteiger partial charge in [-0.2, -0.15) is 5.10 Å².